The van der Waals surface area contributed by atoms with Crippen LogP contribution in [0.1, 0.15) is 18.4 Å². The van der Waals surface area contributed by atoms with Crippen LogP contribution in [-0.2, 0) is 4.79 Å². The Kier molecular flexibility index (Phi) is 6.25. The lowest BCUT2D eigenvalue weighted by Crippen LogP contribution is -2.50. The number of carbonyl (C=O) groups is 1. The predicted octanol–water partition coefficient (Wildman–Crippen LogP) is 2.88. The number of likely N-dealkylation sites (tertiary alicyclic amines) is 1. The standard InChI is InChI=1S/C25H30N4O3/c30-25(9-7-20-6-8-22-23(16-20)32-19-31-22)29-11-3-4-21(18-29)17-27-12-14-28(15-13-27)24-5-1-2-10-26-24/h1-2,5-10,16,21H,3-4,11-15,17-19H2/b9-7+. The number of hydrogen-bond acceptors (Lipinski definition) is 6. The molecule has 0 N–H and O–H groups in total. The molecular formula is C25H30N4O3. The molecule has 7 nitrogen and oxygen atoms in total. The number of benzene rings is 1. The number of fused-ring (bicyclic) bond motifs is 1. The van der Waals surface area contributed by atoms with Crippen molar-refractivity contribution in [2.75, 3.05) is 57.5 Å². The van der Waals surface area contributed by atoms with E-state index in [2.05, 4.69) is 20.9 Å². The normalized spacial score (nSPS) is 21.3. The third-order valence-electron chi connectivity index (χ3n) is 6.51. The Morgan fingerprint density at radius 2 is 1.94 bits per heavy atom. The smallest absolute Gasteiger partial charge is 0.246 e. The van der Waals surface area contributed by atoms with Gasteiger partial charge in [-0.05, 0) is 54.7 Å². The zero-order chi connectivity index (χ0) is 21.8. The number of anilines is 1. The van der Waals surface area contributed by atoms with E-state index in [1.165, 1.54) is 6.42 Å². The number of nitrogens with zero attached hydrogens (tertiary/aromatic N) is 4. The molecule has 1 atom stereocenters. The molecule has 5 rings (SSSR count). The van der Waals surface area contributed by atoms with Gasteiger partial charge < -0.3 is 19.3 Å². The number of pyridine rings is 1. The first-order chi connectivity index (χ1) is 15.7. The minimum atomic E-state index is 0.0901. The van der Waals surface area contributed by atoms with Crippen molar-refractivity contribution in [3.63, 3.8) is 0 Å². The first-order valence-electron chi connectivity index (χ1n) is 11.5. The average molecular weight is 435 g/mol. The van der Waals surface area contributed by atoms with Crippen molar-refractivity contribution in [2.45, 2.75) is 12.8 Å². The minimum absolute atomic E-state index is 0.0901. The zero-order valence-electron chi connectivity index (χ0n) is 18.4. The van der Waals surface area contributed by atoms with Gasteiger partial charge >= 0.3 is 0 Å². The second-order valence-electron chi connectivity index (χ2n) is 8.71. The first-order valence-corrected chi connectivity index (χ1v) is 11.5. The molecule has 4 heterocycles. The maximum atomic E-state index is 12.8. The van der Waals surface area contributed by atoms with Gasteiger partial charge in [0.05, 0.1) is 0 Å². The van der Waals surface area contributed by atoms with Crippen LogP contribution in [0.15, 0.2) is 48.7 Å². The monoisotopic (exact) mass is 434 g/mol. The third kappa shape index (κ3) is 4.88. The zero-order valence-corrected chi connectivity index (χ0v) is 18.4. The van der Waals surface area contributed by atoms with Crippen molar-refractivity contribution in [3.8, 4) is 11.5 Å². The maximum Gasteiger partial charge on any atom is 0.246 e. The van der Waals surface area contributed by atoms with Gasteiger partial charge in [0.15, 0.2) is 11.5 Å². The Morgan fingerprint density at radius 3 is 2.78 bits per heavy atom. The summed E-state index contributed by atoms with van der Waals surface area (Å²) in [5.41, 5.74) is 0.946. The molecule has 2 fully saturated rings. The van der Waals surface area contributed by atoms with E-state index in [4.69, 9.17) is 9.47 Å². The van der Waals surface area contributed by atoms with Gasteiger partial charge in [-0.1, -0.05) is 12.1 Å². The molecule has 7 heteroatoms. The summed E-state index contributed by atoms with van der Waals surface area (Å²) in [6.45, 7) is 7.10. The maximum absolute atomic E-state index is 12.8. The van der Waals surface area contributed by atoms with Crippen LogP contribution >= 0.6 is 0 Å². The molecule has 2 saturated heterocycles. The summed E-state index contributed by atoms with van der Waals surface area (Å²) < 4.78 is 10.8. The predicted molar refractivity (Wildman–Crippen MR) is 124 cm³/mol. The van der Waals surface area contributed by atoms with Gasteiger partial charge in [-0.15, -0.1) is 0 Å². The number of piperazine rings is 1. The van der Waals surface area contributed by atoms with Gasteiger partial charge in [0.2, 0.25) is 12.7 Å². The van der Waals surface area contributed by atoms with Gasteiger partial charge in [-0.25, -0.2) is 4.98 Å². The molecule has 0 saturated carbocycles. The lowest BCUT2D eigenvalue weighted by atomic mass is 9.97. The van der Waals surface area contributed by atoms with Gasteiger partial charge in [0, 0.05) is 58.1 Å². The Hall–Kier alpha value is -3.06. The van der Waals surface area contributed by atoms with Crippen LogP contribution in [0.2, 0.25) is 0 Å². The van der Waals surface area contributed by atoms with Gasteiger partial charge in [0.1, 0.15) is 5.82 Å². The van der Waals surface area contributed by atoms with Crippen molar-refractivity contribution in [1.82, 2.24) is 14.8 Å². The SMILES string of the molecule is O=C(/C=C/c1ccc2c(c1)OCO2)N1CCCC(CN2CCN(c3ccccn3)CC2)C1. The molecule has 1 aromatic heterocycles. The highest BCUT2D eigenvalue weighted by Crippen LogP contribution is 2.32. The molecular weight excluding hydrogens is 404 g/mol. The van der Waals surface area contributed by atoms with Crippen LogP contribution < -0.4 is 14.4 Å². The van der Waals surface area contributed by atoms with Crippen LogP contribution in [-0.4, -0.2) is 73.3 Å². The first kappa shape index (κ1) is 20.8. The molecule has 168 valence electrons. The van der Waals surface area contributed by atoms with Crippen molar-refractivity contribution in [1.29, 1.82) is 0 Å². The Bertz CT molecular complexity index is 957. The highest BCUT2D eigenvalue weighted by atomic mass is 16.7. The number of amides is 1. The quantitative estimate of drug-likeness (QED) is 0.675. The number of hydrogen-bond donors (Lipinski definition) is 0. The molecule has 32 heavy (non-hydrogen) atoms. The lowest BCUT2D eigenvalue weighted by molar-refractivity contribution is -0.127. The number of ether oxygens (including phenoxy) is 2. The van der Waals surface area contributed by atoms with Crippen molar-refractivity contribution < 1.29 is 14.3 Å². The number of aromatic nitrogens is 1. The van der Waals surface area contributed by atoms with Crippen molar-refractivity contribution in [3.05, 3.63) is 54.2 Å². The molecule has 0 spiro atoms. The third-order valence-corrected chi connectivity index (χ3v) is 6.51. The molecule has 1 amide bonds. The van der Waals surface area contributed by atoms with Gasteiger partial charge in [-0.3, -0.25) is 9.69 Å². The summed E-state index contributed by atoms with van der Waals surface area (Å²) in [4.78, 5) is 24.2. The molecule has 0 radical (unpaired) electrons. The number of piperidine rings is 1. The fourth-order valence-electron chi connectivity index (χ4n) is 4.77. The van der Waals surface area contributed by atoms with E-state index in [0.29, 0.717) is 5.92 Å². The van der Waals surface area contributed by atoms with E-state index in [1.807, 2.05) is 47.5 Å². The summed E-state index contributed by atoms with van der Waals surface area (Å²) in [5, 5.41) is 0. The summed E-state index contributed by atoms with van der Waals surface area (Å²) in [6, 6.07) is 11.8. The molecule has 1 aromatic carbocycles. The van der Waals surface area contributed by atoms with Crippen LogP contribution in [0.3, 0.4) is 0 Å². The Labute approximate surface area is 189 Å². The Balaban J connectivity index is 1.11. The summed E-state index contributed by atoms with van der Waals surface area (Å²) >= 11 is 0. The van der Waals surface area contributed by atoms with Crippen LogP contribution in [0.5, 0.6) is 11.5 Å². The fourth-order valence-corrected chi connectivity index (χ4v) is 4.77. The van der Waals surface area contributed by atoms with Gasteiger partial charge in [-0.2, -0.15) is 0 Å². The highest BCUT2D eigenvalue weighted by molar-refractivity contribution is 5.92. The van der Waals surface area contributed by atoms with E-state index in [9.17, 15) is 4.79 Å². The van der Waals surface area contributed by atoms with E-state index in [0.717, 1.165) is 75.1 Å². The van der Waals surface area contributed by atoms with E-state index in [1.54, 1.807) is 6.08 Å². The number of rotatable bonds is 5. The van der Waals surface area contributed by atoms with Gasteiger partial charge in [0.25, 0.3) is 0 Å². The molecule has 3 aliphatic heterocycles. The second-order valence-corrected chi connectivity index (χ2v) is 8.71. The molecule has 1 unspecified atom stereocenters. The van der Waals surface area contributed by atoms with E-state index >= 15 is 0 Å². The van der Waals surface area contributed by atoms with Crippen molar-refractivity contribution in [2.24, 2.45) is 5.92 Å². The molecule has 3 aliphatic rings. The van der Waals surface area contributed by atoms with Crippen LogP contribution in [0, 0.1) is 5.92 Å². The topological polar surface area (TPSA) is 58.1 Å². The van der Waals surface area contributed by atoms with Crippen molar-refractivity contribution >= 4 is 17.8 Å². The van der Waals surface area contributed by atoms with Crippen LogP contribution in [0.4, 0.5) is 5.82 Å². The average Bonchev–Trinajstić information content (AvgIpc) is 3.32. The summed E-state index contributed by atoms with van der Waals surface area (Å²) in [6.07, 6.45) is 7.67. The summed E-state index contributed by atoms with van der Waals surface area (Å²) in [7, 11) is 0. The minimum Gasteiger partial charge on any atom is -0.454 e. The van der Waals surface area contributed by atoms with Crippen LogP contribution in [0.25, 0.3) is 6.08 Å². The van der Waals surface area contributed by atoms with E-state index < -0.39 is 0 Å². The second kappa shape index (κ2) is 9.61. The number of carbonyl (C=O) groups excluding carboxylic acids is 1. The Morgan fingerprint density at radius 1 is 1.06 bits per heavy atom. The fraction of sp³-hybridized carbons (Fsp3) is 0.440. The molecule has 2 aromatic rings. The van der Waals surface area contributed by atoms with E-state index in [-0.39, 0.29) is 12.7 Å². The summed E-state index contributed by atoms with van der Waals surface area (Å²) in [5.74, 6) is 3.19. The molecule has 0 bridgehead atoms. The molecule has 0 aliphatic carbocycles. The lowest BCUT2D eigenvalue weighted by Gasteiger charge is -2.39. The largest absolute Gasteiger partial charge is 0.454 e. The highest BCUT2D eigenvalue weighted by Gasteiger charge is 2.26.